The predicted octanol–water partition coefficient (Wildman–Crippen LogP) is 4.14. The van der Waals surface area contributed by atoms with Crippen LogP contribution in [0.15, 0.2) is 65.7 Å². The average Bonchev–Trinajstić information content (AvgIpc) is 2.68. The van der Waals surface area contributed by atoms with Crippen LogP contribution in [-0.4, -0.2) is 19.5 Å². The van der Waals surface area contributed by atoms with Gasteiger partial charge in [-0.25, -0.2) is 19.3 Å². The quantitative estimate of drug-likeness (QED) is 0.537. The van der Waals surface area contributed by atoms with E-state index in [2.05, 4.69) is 15.0 Å². The first-order valence-corrected chi connectivity index (χ1v) is 8.44. The molecule has 0 aliphatic carbocycles. The van der Waals surface area contributed by atoms with Crippen molar-refractivity contribution >= 4 is 34.9 Å². The molecule has 2 aromatic heterocycles. The number of hydrogen-bond donors (Lipinski definition) is 0. The number of aromatic nitrogens is 4. The summed E-state index contributed by atoms with van der Waals surface area (Å²) in [5.41, 5.74) is 0.753. The lowest BCUT2D eigenvalue weighted by Crippen LogP contribution is -2.23. The van der Waals surface area contributed by atoms with Crippen LogP contribution >= 0.6 is 11.6 Å². The van der Waals surface area contributed by atoms with E-state index in [0.29, 0.717) is 16.3 Å². The molecule has 0 unspecified atom stereocenters. The smallest absolute Gasteiger partial charge is 0.266 e. The summed E-state index contributed by atoms with van der Waals surface area (Å²) in [5, 5.41) is 0.380. The third-order valence-corrected chi connectivity index (χ3v) is 4.26. The Kier molecular flexibility index (Phi) is 4.48. The van der Waals surface area contributed by atoms with Crippen LogP contribution in [0.5, 0.6) is 0 Å². The van der Waals surface area contributed by atoms with E-state index in [0.717, 1.165) is 0 Å². The number of benzene rings is 2. The Labute approximate surface area is 158 Å². The minimum atomic E-state index is -0.408. The number of halogens is 2. The lowest BCUT2D eigenvalue weighted by Gasteiger charge is -2.12. The lowest BCUT2D eigenvalue weighted by atomic mass is 10.2. The highest BCUT2D eigenvalue weighted by atomic mass is 35.5. The van der Waals surface area contributed by atoms with Gasteiger partial charge in [-0.2, -0.15) is 0 Å². The van der Waals surface area contributed by atoms with Crippen molar-refractivity contribution in [1.29, 1.82) is 0 Å². The Morgan fingerprint density at radius 1 is 0.963 bits per heavy atom. The van der Waals surface area contributed by atoms with E-state index in [1.165, 1.54) is 23.0 Å². The first-order chi connectivity index (χ1) is 13.1. The molecule has 7 heteroatoms. The van der Waals surface area contributed by atoms with Gasteiger partial charge in [-0.3, -0.25) is 9.36 Å². The van der Waals surface area contributed by atoms with Gasteiger partial charge in [0.15, 0.2) is 11.2 Å². The molecule has 4 aromatic rings. The van der Waals surface area contributed by atoms with Crippen molar-refractivity contribution in [1.82, 2.24) is 19.5 Å². The van der Waals surface area contributed by atoms with E-state index >= 15 is 0 Å². The number of rotatable bonds is 3. The summed E-state index contributed by atoms with van der Waals surface area (Å²) in [6.45, 7) is 0. The molecule has 0 N–H and O–H groups in total. The van der Waals surface area contributed by atoms with Gasteiger partial charge in [0, 0.05) is 18.0 Å². The van der Waals surface area contributed by atoms with Crippen molar-refractivity contribution in [2.24, 2.45) is 0 Å². The molecule has 0 radical (unpaired) electrons. The molecule has 0 spiro atoms. The van der Waals surface area contributed by atoms with E-state index < -0.39 is 5.56 Å². The fourth-order valence-corrected chi connectivity index (χ4v) is 2.90. The summed E-state index contributed by atoms with van der Waals surface area (Å²) in [6, 6.07) is 13.2. The van der Waals surface area contributed by atoms with Crippen molar-refractivity contribution in [3.05, 3.63) is 93.5 Å². The predicted molar refractivity (Wildman–Crippen MR) is 103 cm³/mol. The zero-order chi connectivity index (χ0) is 18.8. The molecule has 2 aromatic carbocycles. The molecular weight excluding hydrogens is 367 g/mol. The molecule has 5 nitrogen and oxygen atoms in total. The Morgan fingerprint density at radius 3 is 2.52 bits per heavy atom. The highest BCUT2D eigenvalue weighted by Gasteiger charge is 2.14. The van der Waals surface area contributed by atoms with Crippen molar-refractivity contribution in [2.75, 3.05) is 0 Å². The van der Waals surface area contributed by atoms with Crippen molar-refractivity contribution in [3.63, 3.8) is 0 Å². The summed E-state index contributed by atoms with van der Waals surface area (Å²) >= 11 is 6.29. The molecule has 0 aliphatic heterocycles. The molecule has 0 saturated heterocycles. The molecule has 4 rings (SSSR count). The van der Waals surface area contributed by atoms with Crippen LogP contribution in [-0.2, 0) is 0 Å². The van der Waals surface area contributed by atoms with Crippen LogP contribution < -0.4 is 5.56 Å². The van der Waals surface area contributed by atoms with E-state index in [9.17, 15) is 9.18 Å². The Bertz CT molecular complexity index is 1240. The molecule has 0 bridgehead atoms. The van der Waals surface area contributed by atoms with E-state index in [1.807, 2.05) is 0 Å². The van der Waals surface area contributed by atoms with Crippen LogP contribution in [0.3, 0.4) is 0 Å². The van der Waals surface area contributed by atoms with Crippen LogP contribution in [0, 0.1) is 5.82 Å². The standard InChI is InChI=1S/C20H12ClFN4O/c21-14-6-2-4-8-16(14)26-17(10-9-13-5-1-3-7-15(13)22)25-19-18(20(26)27)23-11-12-24-19/h1-12H/b10-9+. The molecule has 0 amide bonds. The fraction of sp³-hybridized carbons (Fsp3) is 0. The van der Waals surface area contributed by atoms with Crippen molar-refractivity contribution in [3.8, 4) is 5.69 Å². The highest BCUT2D eigenvalue weighted by Crippen LogP contribution is 2.21. The summed E-state index contributed by atoms with van der Waals surface area (Å²) in [5.74, 6) is -0.106. The second kappa shape index (κ2) is 7.09. The largest absolute Gasteiger partial charge is 0.286 e. The summed E-state index contributed by atoms with van der Waals surface area (Å²) in [6.07, 6.45) is 5.99. The Hall–Kier alpha value is -3.38. The highest BCUT2D eigenvalue weighted by molar-refractivity contribution is 6.32. The van der Waals surface area contributed by atoms with Gasteiger partial charge < -0.3 is 0 Å². The van der Waals surface area contributed by atoms with E-state index in [-0.39, 0.29) is 22.8 Å². The zero-order valence-corrected chi connectivity index (χ0v) is 14.6. The van der Waals surface area contributed by atoms with Crippen molar-refractivity contribution < 1.29 is 4.39 Å². The van der Waals surface area contributed by atoms with Gasteiger partial charge >= 0.3 is 0 Å². The van der Waals surface area contributed by atoms with Crippen LogP contribution in [0.4, 0.5) is 4.39 Å². The summed E-state index contributed by atoms with van der Waals surface area (Å²) in [4.78, 5) is 25.6. The van der Waals surface area contributed by atoms with Gasteiger partial charge in [-0.15, -0.1) is 0 Å². The molecule has 0 fully saturated rings. The van der Waals surface area contributed by atoms with Gasteiger partial charge in [0.1, 0.15) is 11.6 Å². The Balaban J connectivity index is 1.99. The maximum Gasteiger partial charge on any atom is 0.286 e. The second-order valence-corrected chi connectivity index (χ2v) is 6.05. The minimum absolute atomic E-state index is 0.125. The number of nitrogens with zero attached hydrogens (tertiary/aromatic N) is 4. The average molecular weight is 379 g/mol. The molecule has 0 aliphatic rings. The molecule has 132 valence electrons. The third kappa shape index (κ3) is 3.22. The SMILES string of the molecule is O=c1c2nccnc2nc(/C=C/c2ccccc2F)n1-c1ccccc1Cl. The second-order valence-electron chi connectivity index (χ2n) is 5.65. The topological polar surface area (TPSA) is 60.7 Å². The zero-order valence-electron chi connectivity index (χ0n) is 13.9. The fourth-order valence-electron chi connectivity index (χ4n) is 2.68. The van der Waals surface area contributed by atoms with Gasteiger partial charge in [-0.1, -0.05) is 41.9 Å². The lowest BCUT2D eigenvalue weighted by molar-refractivity contribution is 0.625. The van der Waals surface area contributed by atoms with Crippen LogP contribution in [0.25, 0.3) is 29.0 Å². The van der Waals surface area contributed by atoms with Gasteiger partial charge in [0.05, 0.1) is 10.7 Å². The summed E-state index contributed by atoms with van der Waals surface area (Å²) in [7, 11) is 0. The van der Waals surface area contributed by atoms with Crippen molar-refractivity contribution in [2.45, 2.75) is 0 Å². The third-order valence-electron chi connectivity index (χ3n) is 3.94. The summed E-state index contributed by atoms with van der Waals surface area (Å²) < 4.78 is 15.3. The normalized spacial score (nSPS) is 11.3. The molecule has 2 heterocycles. The molecule has 0 saturated carbocycles. The monoisotopic (exact) mass is 378 g/mol. The molecular formula is C20H12ClFN4O. The minimum Gasteiger partial charge on any atom is -0.266 e. The Morgan fingerprint density at radius 2 is 1.70 bits per heavy atom. The number of para-hydroxylation sites is 1. The molecule has 0 atom stereocenters. The first-order valence-electron chi connectivity index (χ1n) is 8.06. The van der Waals surface area contributed by atoms with E-state index in [4.69, 9.17) is 11.6 Å². The van der Waals surface area contributed by atoms with Gasteiger partial charge in [0.2, 0.25) is 0 Å². The maximum absolute atomic E-state index is 13.9. The molecule has 27 heavy (non-hydrogen) atoms. The van der Waals surface area contributed by atoms with Crippen LogP contribution in [0.2, 0.25) is 5.02 Å². The number of fused-ring (bicyclic) bond motifs is 1. The van der Waals surface area contributed by atoms with Gasteiger partial charge in [0.25, 0.3) is 5.56 Å². The van der Waals surface area contributed by atoms with Gasteiger partial charge in [-0.05, 0) is 30.4 Å². The van der Waals surface area contributed by atoms with E-state index in [1.54, 1.807) is 54.6 Å². The maximum atomic E-state index is 13.9. The van der Waals surface area contributed by atoms with Crippen LogP contribution in [0.1, 0.15) is 11.4 Å². The number of hydrogen-bond acceptors (Lipinski definition) is 4. The first kappa shape index (κ1) is 17.1.